The van der Waals surface area contributed by atoms with Crippen molar-refractivity contribution in [3.05, 3.63) is 23.0 Å². The first-order valence-corrected chi connectivity index (χ1v) is 14.6. The van der Waals surface area contributed by atoms with Gasteiger partial charge in [0.15, 0.2) is 26.7 Å². The zero-order valence-corrected chi connectivity index (χ0v) is 20.8. The zero-order chi connectivity index (χ0) is 26.6. The number of rotatable bonds is 7. The average Bonchev–Trinajstić information content (AvgIpc) is 3.37. The molecule has 2 fully saturated rings. The van der Waals surface area contributed by atoms with Gasteiger partial charge in [-0.25, -0.2) is 22.2 Å². The van der Waals surface area contributed by atoms with Crippen LogP contribution >= 0.6 is 19.2 Å². The van der Waals surface area contributed by atoms with Crippen molar-refractivity contribution in [2.45, 2.75) is 55.8 Å². The van der Waals surface area contributed by atoms with Gasteiger partial charge in [0.2, 0.25) is 5.92 Å². The molecule has 36 heavy (non-hydrogen) atoms. The number of fused-ring (bicyclic) bond motifs is 1. The molecule has 198 valence electrons. The van der Waals surface area contributed by atoms with Gasteiger partial charge in [0.1, 0.15) is 35.6 Å². The van der Waals surface area contributed by atoms with Crippen LogP contribution in [0.1, 0.15) is 31.1 Å². The molecule has 4 rings (SSSR count). The number of alkyl halides is 2. The van der Waals surface area contributed by atoms with Crippen molar-refractivity contribution in [2.75, 3.05) is 16.6 Å². The first-order valence-electron chi connectivity index (χ1n) is 10.6. The summed E-state index contributed by atoms with van der Waals surface area (Å²) in [6, 6.07) is 2.72. The summed E-state index contributed by atoms with van der Waals surface area (Å²) in [5.41, 5.74) is -1.32. The van der Waals surface area contributed by atoms with Gasteiger partial charge in [0, 0.05) is 30.5 Å². The van der Waals surface area contributed by atoms with Crippen LogP contribution in [0.4, 0.5) is 14.5 Å². The molecule has 3 heterocycles. The van der Waals surface area contributed by atoms with Gasteiger partial charge in [-0.05, 0) is 12.5 Å². The van der Waals surface area contributed by atoms with Crippen molar-refractivity contribution in [3.63, 3.8) is 0 Å². The van der Waals surface area contributed by atoms with Crippen LogP contribution in [0.5, 0.6) is 0 Å². The van der Waals surface area contributed by atoms with E-state index < -0.39 is 71.6 Å². The lowest BCUT2D eigenvalue weighted by Gasteiger charge is -2.20. The molecule has 0 radical (unpaired) electrons. The number of nitrogens with one attached hydrogen (secondary N) is 1. The second-order valence-corrected chi connectivity index (χ2v) is 13.5. The van der Waals surface area contributed by atoms with Crippen molar-refractivity contribution in [2.24, 2.45) is 0 Å². The van der Waals surface area contributed by atoms with Gasteiger partial charge in [-0.2, -0.15) is 5.26 Å². The predicted molar refractivity (Wildman–Crippen MR) is 122 cm³/mol. The highest BCUT2D eigenvalue weighted by atomic mass is 35.5. The zero-order valence-electron chi connectivity index (χ0n) is 18.3. The number of aliphatic hydroxyl groups excluding tert-OH is 2. The number of nitriles is 1. The fraction of sp³-hybridized carbons (Fsp3) is 0.579. The number of anilines is 1. The molecule has 0 bridgehead atoms. The number of aromatic nitrogens is 2. The Bertz CT molecular complexity index is 1380. The minimum absolute atomic E-state index is 0.0567. The Morgan fingerprint density at radius 3 is 2.64 bits per heavy atom. The highest BCUT2D eigenvalue weighted by molar-refractivity contribution is 7.97. The van der Waals surface area contributed by atoms with E-state index in [0.29, 0.717) is 0 Å². The lowest BCUT2D eigenvalue weighted by molar-refractivity contribution is -0.0288. The molecule has 1 aliphatic heterocycles. The van der Waals surface area contributed by atoms with E-state index in [1.807, 2.05) is 6.07 Å². The summed E-state index contributed by atoms with van der Waals surface area (Å²) in [6.07, 6.45) is -5.54. The highest BCUT2D eigenvalue weighted by Gasteiger charge is 2.46. The van der Waals surface area contributed by atoms with E-state index in [4.69, 9.17) is 26.1 Å². The molecule has 5 N–H and O–H groups in total. The molecule has 2 aromatic rings. The van der Waals surface area contributed by atoms with Crippen molar-refractivity contribution >= 4 is 45.8 Å². The van der Waals surface area contributed by atoms with Crippen LogP contribution in [-0.2, 0) is 19.1 Å². The maximum atomic E-state index is 13.7. The maximum absolute atomic E-state index is 13.7. The van der Waals surface area contributed by atoms with E-state index in [1.165, 1.54) is 16.8 Å². The van der Waals surface area contributed by atoms with Crippen LogP contribution in [0.25, 0.3) is 11.0 Å². The topological polar surface area (TPSA) is 195 Å². The molecule has 1 saturated heterocycles. The fourth-order valence-corrected chi connectivity index (χ4v) is 7.99. The summed E-state index contributed by atoms with van der Waals surface area (Å²) < 4.78 is 69.6. The summed E-state index contributed by atoms with van der Waals surface area (Å²) in [5.74, 6) is -3.82. The number of hydrogen-bond donors (Lipinski definition) is 5. The Labute approximate surface area is 208 Å². The number of sulfone groups is 1. The monoisotopic (exact) mass is 570 g/mol. The quantitative estimate of drug-likeness (QED) is 0.238. The standard InChI is InChI=1S/C19H22ClF2N4O8PS/c20-16-11(6-23)13(24-9-1-3-19(21,22)5-9)10-2-4-26(17(10)25-16)18-15(28)14(27)12(34-18)7-36(32,33)8-35(29,30)31/h2,4,9,12,14-15,18,27-28H,1,3,5,7-8H2,(H,24,25)(H2,29,30,31)/t9-,12+,14+,15+,18+/m0/s1. The smallest absolute Gasteiger partial charge is 0.340 e. The van der Waals surface area contributed by atoms with Gasteiger partial charge in [-0.1, -0.05) is 11.6 Å². The molecule has 1 saturated carbocycles. The van der Waals surface area contributed by atoms with Gasteiger partial charge in [0.05, 0.1) is 11.4 Å². The molecule has 0 spiro atoms. The number of nitrogens with zero attached hydrogens (tertiary/aromatic N) is 3. The first-order chi connectivity index (χ1) is 16.6. The van der Waals surface area contributed by atoms with E-state index in [0.717, 1.165) is 0 Å². The Morgan fingerprint density at radius 1 is 1.36 bits per heavy atom. The maximum Gasteiger partial charge on any atom is 0.340 e. The molecular formula is C19H22ClF2N4O8PS. The highest BCUT2D eigenvalue weighted by Crippen LogP contribution is 2.41. The van der Waals surface area contributed by atoms with Gasteiger partial charge >= 0.3 is 7.60 Å². The molecule has 2 aliphatic rings. The number of aliphatic hydroxyl groups is 2. The Balaban J connectivity index is 1.66. The van der Waals surface area contributed by atoms with Crippen molar-refractivity contribution in [1.29, 1.82) is 5.26 Å². The second kappa shape index (κ2) is 9.45. The minimum Gasteiger partial charge on any atom is -0.387 e. The lowest BCUT2D eigenvalue weighted by atomic mass is 10.1. The number of pyridine rings is 1. The van der Waals surface area contributed by atoms with E-state index in [9.17, 15) is 37.2 Å². The summed E-state index contributed by atoms with van der Waals surface area (Å²) in [4.78, 5) is 22.1. The summed E-state index contributed by atoms with van der Waals surface area (Å²) >= 11 is 6.19. The third-order valence-corrected chi connectivity index (χ3v) is 10.1. The molecular weight excluding hydrogens is 549 g/mol. The Kier molecular flexibility index (Phi) is 7.13. The average molecular weight is 571 g/mol. The SMILES string of the molecule is N#Cc1c(Cl)nc2c(ccn2[C@@H]2O[C@H](CS(=O)(=O)CP(=O)(O)O)[C@@H](O)[C@H]2O)c1N[C@H]1CCC(F)(F)C1. The molecule has 2 aromatic heterocycles. The third-order valence-electron chi connectivity index (χ3n) is 6.08. The van der Waals surface area contributed by atoms with Crippen molar-refractivity contribution in [3.8, 4) is 6.07 Å². The summed E-state index contributed by atoms with van der Waals surface area (Å²) in [7, 11) is -9.28. The first kappa shape index (κ1) is 27.2. The molecule has 1 aliphatic carbocycles. The van der Waals surface area contributed by atoms with Gasteiger partial charge in [-0.3, -0.25) is 4.57 Å². The summed E-state index contributed by atoms with van der Waals surface area (Å²) in [5, 5.41) is 33.5. The van der Waals surface area contributed by atoms with E-state index in [2.05, 4.69) is 10.3 Å². The molecule has 0 unspecified atom stereocenters. The van der Waals surface area contributed by atoms with Gasteiger partial charge < -0.3 is 34.6 Å². The molecule has 0 amide bonds. The number of halogens is 3. The van der Waals surface area contributed by atoms with Gasteiger partial charge in [-0.15, -0.1) is 0 Å². The second-order valence-electron chi connectivity index (χ2n) is 8.92. The molecule has 12 nitrogen and oxygen atoms in total. The van der Waals surface area contributed by atoms with E-state index >= 15 is 0 Å². The minimum atomic E-state index is -4.91. The largest absolute Gasteiger partial charge is 0.387 e. The van der Waals surface area contributed by atoms with Crippen molar-refractivity contribution < 1.29 is 46.5 Å². The molecule has 5 atom stereocenters. The lowest BCUT2D eigenvalue weighted by Crippen LogP contribution is -2.35. The molecule has 0 aromatic carbocycles. The van der Waals surface area contributed by atoms with Crippen LogP contribution in [0, 0.1) is 11.3 Å². The normalized spacial score (nSPS) is 28.4. The summed E-state index contributed by atoms with van der Waals surface area (Å²) in [6.45, 7) is 0. The Morgan fingerprint density at radius 2 is 2.06 bits per heavy atom. The number of ether oxygens (including phenoxy) is 1. The van der Waals surface area contributed by atoms with Crippen LogP contribution in [-0.4, -0.2) is 79.5 Å². The number of hydrogen-bond acceptors (Lipinski definition) is 9. The van der Waals surface area contributed by atoms with Crippen molar-refractivity contribution in [1.82, 2.24) is 9.55 Å². The fourth-order valence-electron chi connectivity index (χ4n) is 4.53. The van der Waals surface area contributed by atoms with Crippen LogP contribution in [0.3, 0.4) is 0 Å². The van der Waals surface area contributed by atoms with E-state index in [-0.39, 0.29) is 40.3 Å². The molecule has 17 heteroatoms. The third kappa shape index (κ3) is 5.51. The van der Waals surface area contributed by atoms with E-state index in [1.54, 1.807) is 0 Å². The predicted octanol–water partition coefficient (Wildman–Crippen LogP) is 1.33. The van der Waals surface area contributed by atoms with Crippen LogP contribution in [0.2, 0.25) is 5.15 Å². The van der Waals surface area contributed by atoms with Gasteiger partial charge in [0.25, 0.3) is 0 Å². The Hall–Kier alpha value is -1.89. The van der Waals surface area contributed by atoms with Crippen LogP contribution in [0.15, 0.2) is 12.3 Å². The van der Waals surface area contributed by atoms with Crippen LogP contribution < -0.4 is 5.32 Å².